The molecule has 0 amide bonds. The molecule has 6 aromatic carbocycles. The molecule has 0 saturated heterocycles. The van der Waals surface area contributed by atoms with Crippen LogP contribution < -0.4 is 13.7 Å². The molecular formula is C113H142N9+3. The van der Waals surface area contributed by atoms with Gasteiger partial charge in [0.05, 0.1) is 64.6 Å². The van der Waals surface area contributed by atoms with Gasteiger partial charge in [0.15, 0.2) is 34.2 Å². The predicted molar refractivity (Wildman–Crippen MR) is 518 cm³/mol. The SMILES string of the molecule is Cc1cnc2c3c(C)ccc4c3n3c(c(-c5cc(CC(C)C)cc(CC(C)C)c5)[n+](C)c3c2c1C)C(C)(C)C4(C)C.Cc1cnc2c3cccc4c3n3c(c(-c5cc(CC(C)C)cc(CC(C)C)c5)[n+](C)c3c2c1C)C(C)(C)C4(C)C.[2H]C([2H])([2H])c1ccc2c3c1c1ncc(C)c(C)c1c1n3c(c(-c3cc(CC(C)C)cc(CC(C)C)c3)[n+]1C)C(C)(C)C2(C)C. The number of aryl methyl sites for hydroxylation is 11. The van der Waals surface area contributed by atoms with Crippen LogP contribution in [0.5, 0.6) is 0 Å². The van der Waals surface area contributed by atoms with Crippen LogP contribution >= 0.6 is 0 Å². The van der Waals surface area contributed by atoms with Crippen LogP contribution in [0.3, 0.4) is 0 Å². The Balaban J connectivity index is 0.000000139. The third kappa shape index (κ3) is 12.9. The lowest BCUT2D eigenvalue weighted by Crippen LogP contribution is -2.44. The fraction of sp³-hybridized carbons (Fsp3) is 0.469. The lowest BCUT2D eigenvalue weighted by atomic mass is 9.60. The fourth-order valence-electron chi connectivity index (χ4n) is 22.5. The van der Waals surface area contributed by atoms with Crippen LogP contribution in [0, 0.1) is 90.8 Å². The van der Waals surface area contributed by atoms with E-state index in [9.17, 15) is 0 Å². The molecule has 122 heavy (non-hydrogen) atoms. The number of hydrogen-bond donors (Lipinski definition) is 0. The number of hydrogen-bond acceptors (Lipinski definition) is 3. The quantitative estimate of drug-likeness (QED) is 0.0759. The van der Waals surface area contributed by atoms with Crippen molar-refractivity contribution in [2.45, 2.75) is 293 Å². The van der Waals surface area contributed by atoms with Crippen molar-refractivity contribution in [2.24, 2.45) is 56.7 Å². The van der Waals surface area contributed by atoms with Crippen LogP contribution in [0.1, 0.15) is 282 Å². The molecule has 9 heteroatoms. The number of aromatic nitrogens is 9. The zero-order valence-corrected chi connectivity index (χ0v) is 80.7. The Hall–Kier alpha value is -9.60. The first-order chi connectivity index (χ1) is 58.3. The average molecular weight is 1630 g/mol. The maximum absolute atomic E-state index is 8.58. The molecule has 15 aromatic rings. The Morgan fingerprint density at radius 1 is 0.311 bits per heavy atom. The van der Waals surface area contributed by atoms with Crippen molar-refractivity contribution in [2.75, 3.05) is 0 Å². The summed E-state index contributed by atoms with van der Waals surface area (Å²) in [5.41, 5.74) is 42.8. The highest BCUT2D eigenvalue weighted by molar-refractivity contribution is 6.16. The molecule has 0 saturated carbocycles. The first-order valence-electron chi connectivity index (χ1n) is 47.5. The fourth-order valence-corrected chi connectivity index (χ4v) is 22.5. The van der Waals surface area contributed by atoms with Crippen molar-refractivity contribution >= 4 is 82.4 Å². The van der Waals surface area contributed by atoms with E-state index < -0.39 is 6.85 Å². The second-order valence-electron chi connectivity index (χ2n) is 43.8. The van der Waals surface area contributed by atoms with Crippen LogP contribution in [0.4, 0.5) is 0 Å². The lowest BCUT2D eigenvalue weighted by molar-refractivity contribution is -0.632. The van der Waals surface area contributed by atoms with Gasteiger partial charge in [-0.15, -0.1) is 0 Å². The highest BCUT2D eigenvalue weighted by Crippen LogP contribution is 2.58. The van der Waals surface area contributed by atoms with Gasteiger partial charge in [0.2, 0.25) is 0 Å². The Morgan fingerprint density at radius 3 is 0.885 bits per heavy atom. The van der Waals surface area contributed by atoms with E-state index >= 15 is 0 Å². The van der Waals surface area contributed by atoms with Crippen LogP contribution in [-0.4, -0.2) is 28.2 Å². The smallest absolute Gasteiger partial charge is 0.255 e. The van der Waals surface area contributed by atoms with E-state index in [-0.39, 0.29) is 32.5 Å². The van der Waals surface area contributed by atoms with Gasteiger partial charge in [-0.05, 0) is 250 Å². The number of imidazole rings is 3. The van der Waals surface area contributed by atoms with E-state index in [0.29, 0.717) is 41.1 Å². The van der Waals surface area contributed by atoms with Gasteiger partial charge >= 0.3 is 0 Å². The zero-order chi connectivity index (χ0) is 90.9. The molecule has 636 valence electrons. The van der Waals surface area contributed by atoms with Crippen LogP contribution in [0.25, 0.3) is 116 Å². The van der Waals surface area contributed by atoms with Crippen LogP contribution in [-0.2, 0) is 92.2 Å². The van der Waals surface area contributed by atoms with E-state index in [1.54, 1.807) is 0 Å². The summed E-state index contributed by atoms with van der Waals surface area (Å²) in [6.45, 7) is 69.9. The van der Waals surface area contributed by atoms with Gasteiger partial charge < -0.3 is 0 Å². The number of nitrogens with zero attached hydrogens (tertiary/aromatic N) is 9. The van der Waals surface area contributed by atoms with E-state index in [1.165, 1.54) is 173 Å². The highest BCUT2D eigenvalue weighted by atomic mass is 15.2. The van der Waals surface area contributed by atoms with Crippen molar-refractivity contribution in [3.8, 4) is 33.8 Å². The summed E-state index contributed by atoms with van der Waals surface area (Å²) in [4.78, 5) is 15.3. The molecule has 0 N–H and O–H groups in total. The number of para-hydroxylation sites is 1. The molecule has 0 radical (unpaired) electrons. The molecule has 9 nitrogen and oxygen atoms in total. The summed E-state index contributed by atoms with van der Waals surface area (Å²) in [6.07, 6.45) is 12.5. The summed E-state index contributed by atoms with van der Waals surface area (Å²) in [7, 11) is 6.78. The highest BCUT2D eigenvalue weighted by Gasteiger charge is 2.57. The summed E-state index contributed by atoms with van der Waals surface area (Å²) in [5, 5.41) is 6.90. The van der Waals surface area contributed by atoms with Gasteiger partial charge in [-0.1, -0.05) is 221 Å². The summed E-state index contributed by atoms with van der Waals surface area (Å²) < 4.78 is 40.8. The van der Waals surface area contributed by atoms with Gasteiger partial charge in [0, 0.05) is 94.0 Å². The molecular weight excluding hydrogens is 1480 g/mol. The minimum Gasteiger partial charge on any atom is -0.255 e. The van der Waals surface area contributed by atoms with Gasteiger partial charge in [-0.25, -0.2) is 13.7 Å². The van der Waals surface area contributed by atoms with Gasteiger partial charge in [0.1, 0.15) is 16.6 Å². The Morgan fingerprint density at radius 2 is 0.582 bits per heavy atom. The predicted octanol–water partition coefficient (Wildman–Crippen LogP) is 26.8. The molecule has 18 rings (SSSR count). The van der Waals surface area contributed by atoms with Crippen LogP contribution in [0.2, 0.25) is 0 Å². The summed E-state index contributed by atoms with van der Waals surface area (Å²) >= 11 is 0. The van der Waals surface area contributed by atoms with Crippen molar-refractivity contribution in [1.29, 1.82) is 0 Å². The minimum absolute atomic E-state index is 0.0702. The molecule has 3 aliphatic heterocycles. The molecule has 0 fully saturated rings. The Bertz CT molecular complexity index is 6940. The third-order valence-corrected chi connectivity index (χ3v) is 30.7. The van der Waals surface area contributed by atoms with E-state index in [1.807, 2.05) is 12.3 Å². The van der Waals surface area contributed by atoms with E-state index in [2.05, 4.69) is 366 Å². The minimum atomic E-state index is -2.27. The van der Waals surface area contributed by atoms with Gasteiger partial charge in [-0.3, -0.25) is 15.0 Å². The lowest BCUT2D eigenvalue weighted by Gasteiger charge is -2.43. The standard InChI is InChI=1S/2C38H48N3.C37H46N3/c2*1-21(2)15-26-17-27(16-22(3)4)19-28(18-26)33-35-38(10,11)37(8,9)29-14-13-23(5)30-32-31(25(7)24(6)20-39-32)36(40(33)12)41(35)34(29)30;1-21(2)15-25-17-26(16-22(3)4)19-27(18-25)32-34-37(9,10)36(7,8)29-14-12-13-28-31-30(24(6)23(5)20-38-31)35(39(32)11)40(34)33(28)29/h2*13-14,17-22H,15-16H2,1-12H3;12-14,17-22H,15-16H2,1-11H3/q3*+1/i5D3;;. The molecule has 9 aromatic heterocycles. The second-order valence-corrected chi connectivity index (χ2v) is 43.8. The first kappa shape index (κ1) is 82.0. The van der Waals surface area contributed by atoms with Crippen molar-refractivity contribution in [1.82, 2.24) is 28.2 Å². The largest absolute Gasteiger partial charge is 0.297 e. The Kier molecular flexibility index (Phi) is 20.0. The molecule has 0 bridgehead atoms. The maximum Gasteiger partial charge on any atom is 0.297 e. The molecule has 0 aliphatic carbocycles. The zero-order valence-electron chi connectivity index (χ0n) is 83.7. The normalized spacial score (nSPS) is 16.3. The van der Waals surface area contributed by atoms with Gasteiger partial charge in [-0.2, -0.15) is 13.2 Å². The molecule has 0 atom stereocenters. The van der Waals surface area contributed by atoms with E-state index in [4.69, 9.17) is 19.1 Å². The topological polar surface area (TPSA) is 63.5 Å². The van der Waals surface area contributed by atoms with Crippen molar-refractivity contribution in [3.63, 3.8) is 0 Å². The molecule has 3 aliphatic rings. The van der Waals surface area contributed by atoms with Crippen molar-refractivity contribution < 1.29 is 17.8 Å². The number of benzene rings is 6. The summed E-state index contributed by atoms with van der Waals surface area (Å²) in [6, 6.07) is 37.6. The third-order valence-electron chi connectivity index (χ3n) is 30.7. The second kappa shape index (κ2) is 29.8. The Labute approximate surface area is 734 Å². The average Bonchev–Trinajstić information content (AvgIpc) is 1.56. The van der Waals surface area contributed by atoms with Crippen molar-refractivity contribution in [3.05, 3.63) is 227 Å². The van der Waals surface area contributed by atoms with E-state index in [0.717, 1.165) is 88.1 Å². The van der Waals surface area contributed by atoms with Crippen LogP contribution in [0.15, 0.2) is 116 Å². The molecule has 12 heterocycles. The summed E-state index contributed by atoms with van der Waals surface area (Å²) in [5.74, 6) is 3.57. The first-order valence-corrected chi connectivity index (χ1v) is 46.0. The molecule has 0 spiro atoms. The maximum atomic E-state index is 8.58. The molecule has 0 unspecified atom stereocenters. The number of fused-ring (bicyclic) bond motifs is 9. The monoisotopic (exact) mass is 1630 g/mol. The number of rotatable bonds is 15. The number of pyridine rings is 6. The van der Waals surface area contributed by atoms with Gasteiger partial charge in [0.25, 0.3) is 16.9 Å².